The molecule has 0 N–H and O–H groups in total. The van der Waals surface area contributed by atoms with E-state index in [0.29, 0.717) is 6.10 Å². The first-order chi connectivity index (χ1) is 5.88. The topological polar surface area (TPSA) is 15.8 Å². The van der Waals surface area contributed by atoms with Crippen molar-refractivity contribution in [1.82, 2.24) is 4.90 Å². The summed E-state index contributed by atoms with van der Waals surface area (Å²) in [6, 6.07) is 0. The standard InChI is InChI=1S/C10H19NO/c1-2-9-4-3-5-11(6-9)7-10-8-12-10/h9-10H,2-8H2,1H3. The second-order valence-electron chi connectivity index (χ2n) is 4.13. The smallest absolute Gasteiger partial charge is 0.0936 e. The van der Waals surface area contributed by atoms with E-state index < -0.39 is 0 Å². The molecular formula is C10H19NO. The van der Waals surface area contributed by atoms with Crippen LogP contribution in [-0.2, 0) is 4.74 Å². The number of piperidine rings is 1. The summed E-state index contributed by atoms with van der Waals surface area (Å²) in [6.45, 7) is 7.12. The first-order valence-electron chi connectivity index (χ1n) is 5.22. The molecule has 2 unspecified atom stereocenters. The zero-order valence-electron chi connectivity index (χ0n) is 7.96. The van der Waals surface area contributed by atoms with E-state index in [2.05, 4.69) is 11.8 Å². The van der Waals surface area contributed by atoms with Crippen molar-refractivity contribution in [2.75, 3.05) is 26.2 Å². The summed E-state index contributed by atoms with van der Waals surface area (Å²) in [4.78, 5) is 2.58. The fourth-order valence-electron chi connectivity index (χ4n) is 2.11. The number of epoxide rings is 1. The quantitative estimate of drug-likeness (QED) is 0.595. The fourth-order valence-corrected chi connectivity index (χ4v) is 2.11. The van der Waals surface area contributed by atoms with Gasteiger partial charge in [-0.25, -0.2) is 0 Å². The Bertz CT molecular complexity index is 145. The van der Waals surface area contributed by atoms with Gasteiger partial charge in [0.2, 0.25) is 0 Å². The molecule has 2 heterocycles. The summed E-state index contributed by atoms with van der Waals surface area (Å²) in [5.41, 5.74) is 0. The lowest BCUT2D eigenvalue weighted by Crippen LogP contribution is -2.37. The van der Waals surface area contributed by atoms with Crippen LogP contribution in [0.2, 0.25) is 0 Å². The minimum atomic E-state index is 0.584. The van der Waals surface area contributed by atoms with Gasteiger partial charge >= 0.3 is 0 Å². The van der Waals surface area contributed by atoms with Gasteiger partial charge in [0, 0.05) is 13.1 Å². The monoisotopic (exact) mass is 169 g/mol. The van der Waals surface area contributed by atoms with Crippen LogP contribution in [0.3, 0.4) is 0 Å². The molecule has 0 aliphatic carbocycles. The molecule has 0 aromatic rings. The molecule has 12 heavy (non-hydrogen) atoms. The minimum absolute atomic E-state index is 0.584. The first-order valence-corrected chi connectivity index (χ1v) is 5.22. The highest BCUT2D eigenvalue weighted by Crippen LogP contribution is 2.21. The van der Waals surface area contributed by atoms with Gasteiger partial charge in [0.25, 0.3) is 0 Å². The second kappa shape index (κ2) is 3.75. The molecular weight excluding hydrogens is 150 g/mol. The third-order valence-corrected chi connectivity index (χ3v) is 3.04. The Labute approximate surface area is 74.9 Å². The van der Waals surface area contributed by atoms with Crippen molar-refractivity contribution in [1.29, 1.82) is 0 Å². The summed E-state index contributed by atoms with van der Waals surface area (Å²) in [7, 11) is 0. The highest BCUT2D eigenvalue weighted by molar-refractivity contribution is 4.78. The third kappa shape index (κ3) is 2.20. The Morgan fingerprint density at radius 1 is 1.50 bits per heavy atom. The molecule has 0 bridgehead atoms. The fraction of sp³-hybridized carbons (Fsp3) is 1.00. The van der Waals surface area contributed by atoms with Crippen LogP contribution < -0.4 is 0 Å². The van der Waals surface area contributed by atoms with Crippen LogP contribution in [0.1, 0.15) is 26.2 Å². The highest BCUT2D eigenvalue weighted by atomic mass is 16.6. The van der Waals surface area contributed by atoms with Gasteiger partial charge < -0.3 is 9.64 Å². The van der Waals surface area contributed by atoms with E-state index >= 15 is 0 Å². The second-order valence-corrected chi connectivity index (χ2v) is 4.13. The number of nitrogens with zero attached hydrogens (tertiary/aromatic N) is 1. The highest BCUT2D eigenvalue weighted by Gasteiger charge is 2.27. The molecule has 0 radical (unpaired) electrons. The molecule has 2 fully saturated rings. The van der Waals surface area contributed by atoms with Gasteiger partial charge in [0.05, 0.1) is 12.7 Å². The SMILES string of the molecule is CCC1CCCN(CC2CO2)C1. The minimum Gasteiger partial charge on any atom is -0.372 e. The number of ether oxygens (including phenoxy) is 1. The van der Waals surface area contributed by atoms with Gasteiger partial charge in [-0.1, -0.05) is 13.3 Å². The van der Waals surface area contributed by atoms with Crippen molar-refractivity contribution in [3.8, 4) is 0 Å². The molecule has 0 aromatic heterocycles. The van der Waals surface area contributed by atoms with E-state index in [1.807, 2.05) is 0 Å². The van der Waals surface area contributed by atoms with Crippen LogP contribution in [0.15, 0.2) is 0 Å². The Hall–Kier alpha value is -0.0800. The van der Waals surface area contributed by atoms with Gasteiger partial charge in [0.1, 0.15) is 0 Å². The van der Waals surface area contributed by atoms with Crippen LogP contribution in [0.5, 0.6) is 0 Å². The van der Waals surface area contributed by atoms with E-state index in [1.165, 1.54) is 38.9 Å². The number of rotatable bonds is 3. The summed E-state index contributed by atoms with van der Waals surface area (Å²) < 4.78 is 5.24. The number of likely N-dealkylation sites (tertiary alicyclic amines) is 1. The van der Waals surface area contributed by atoms with Crippen molar-refractivity contribution in [2.45, 2.75) is 32.3 Å². The number of hydrogen-bond donors (Lipinski definition) is 0. The van der Waals surface area contributed by atoms with Gasteiger partial charge in [-0.05, 0) is 25.3 Å². The van der Waals surface area contributed by atoms with Crippen molar-refractivity contribution in [2.24, 2.45) is 5.92 Å². The Kier molecular flexibility index (Phi) is 2.66. The molecule has 2 aliphatic heterocycles. The summed E-state index contributed by atoms with van der Waals surface area (Å²) >= 11 is 0. The summed E-state index contributed by atoms with van der Waals surface area (Å²) in [5, 5.41) is 0. The predicted molar refractivity (Wildman–Crippen MR) is 49.2 cm³/mol. The van der Waals surface area contributed by atoms with E-state index in [-0.39, 0.29) is 0 Å². The molecule has 2 atom stereocenters. The van der Waals surface area contributed by atoms with Crippen molar-refractivity contribution < 1.29 is 4.74 Å². The average molecular weight is 169 g/mol. The molecule has 2 nitrogen and oxygen atoms in total. The molecule has 0 aromatic carbocycles. The molecule has 2 saturated heterocycles. The largest absolute Gasteiger partial charge is 0.372 e. The normalized spacial score (nSPS) is 36.8. The first kappa shape index (κ1) is 8.52. The van der Waals surface area contributed by atoms with Crippen LogP contribution in [0, 0.1) is 5.92 Å². The molecule has 0 saturated carbocycles. The van der Waals surface area contributed by atoms with Gasteiger partial charge in [-0.15, -0.1) is 0 Å². The molecule has 2 rings (SSSR count). The van der Waals surface area contributed by atoms with Crippen LogP contribution in [0.25, 0.3) is 0 Å². The van der Waals surface area contributed by atoms with Crippen molar-refractivity contribution in [3.63, 3.8) is 0 Å². The van der Waals surface area contributed by atoms with Crippen LogP contribution in [0.4, 0.5) is 0 Å². The van der Waals surface area contributed by atoms with E-state index in [4.69, 9.17) is 4.74 Å². The Morgan fingerprint density at radius 2 is 2.33 bits per heavy atom. The van der Waals surface area contributed by atoms with Crippen LogP contribution >= 0.6 is 0 Å². The van der Waals surface area contributed by atoms with E-state index in [9.17, 15) is 0 Å². The van der Waals surface area contributed by atoms with Gasteiger partial charge in [-0.2, -0.15) is 0 Å². The predicted octanol–water partition coefficient (Wildman–Crippen LogP) is 1.51. The molecule has 0 amide bonds. The zero-order valence-corrected chi connectivity index (χ0v) is 7.96. The maximum absolute atomic E-state index is 5.24. The van der Waals surface area contributed by atoms with Gasteiger partial charge in [0.15, 0.2) is 0 Å². The summed E-state index contributed by atoms with van der Waals surface area (Å²) in [6.07, 6.45) is 4.77. The zero-order chi connectivity index (χ0) is 8.39. The lowest BCUT2D eigenvalue weighted by Gasteiger charge is -2.31. The number of hydrogen-bond acceptors (Lipinski definition) is 2. The van der Waals surface area contributed by atoms with Crippen molar-refractivity contribution in [3.05, 3.63) is 0 Å². The molecule has 2 heteroatoms. The Morgan fingerprint density at radius 3 is 3.00 bits per heavy atom. The molecule has 2 aliphatic rings. The van der Waals surface area contributed by atoms with Crippen molar-refractivity contribution >= 4 is 0 Å². The van der Waals surface area contributed by atoms with E-state index in [1.54, 1.807) is 0 Å². The lowest BCUT2D eigenvalue weighted by atomic mass is 9.96. The third-order valence-electron chi connectivity index (χ3n) is 3.04. The van der Waals surface area contributed by atoms with E-state index in [0.717, 1.165) is 12.5 Å². The van der Waals surface area contributed by atoms with Gasteiger partial charge in [-0.3, -0.25) is 0 Å². The maximum atomic E-state index is 5.24. The lowest BCUT2D eigenvalue weighted by molar-refractivity contribution is 0.159. The van der Waals surface area contributed by atoms with Crippen LogP contribution in [-0.4, -0.2) is 37.2 Å². The molecule has 0 spiro atoms. The molecule has 70 valence electrons. The summed E-state index contributed by atoms with van der Waals surface area (Å²) in [5.74, 6) is 0.956. The average Bonchev–Trinajstić information content (AvgIpc) is 2.89. The Balaban J connectivity index is 1.73. The maximum Gasteiger partial charge on any atom is 0.0936 e.